The lowest BCUT2D eigenvalue weighted by molar-refractivity contribution is 0.0517. The van der Waals surface area contributed by atoms with Crippen LogP contribution in [0.3, 0.4) is 0 Å². The van der Waals surface area contributed by atoms with Crippen LogP contribution in [0, 0.1) is 13.8 Å². The number of thiophene rings is 2. The van der Waals surface area contributed by atoms with Gasteiger partial charge in [-0.15, -0.1) is 22.7 Å². The molecule has 2 amide bonds. The van der Waals surface area contributed by atoms with Gasteiger partial charge in [0, 0.05) is 6.20 Å². The fourth-order valence-electron chi connectivity index (χ4n) is 3.78. The Hall–Kier alpha value is -4.23. The number of hydrogen-bond acceptors (Lipinski definition) is 11. The molecule has 210 valence electrons. The second-order valence-electron chi connectivity index (χ2n) is 8.41. The van der Waals surface area contributed by atoms with Gasteiger partial charge in [-0.05, 0) is 64.8 Å². The van der Waals surface area contributed by atoms with Crippen LogP contribution >= 0.6 is 22.7 Å². The molecule has 0 atom stereocenters. The molecule has 0 bridgehead atoms. The highest BCUT2D eigenvalue weighted by molar-refractivity contribution is 7.19. The lowest BCUT2D eigenvalue weighted by Crippen LogP contribution is -2.18. The Balaban J connectivity index is 1.83. The largest absolute Gasteiger partial charge is 0.462 e. The quantitative estimate of drug-likeness (QED) is 0.244. The second-order valence-corrected chi connectivity index (χ2v) is 10.5. The summed E-state index contributed by atoms with van der Waals surface area (Å²) in [5, 5.41) is 5.54. The highest BCUT2D eigenvalue weighted by Crippen LogP contribution is 2.35. The van der Waals surface area contributed by atoms with Gasteiger partial charge in [-0.2, -0.15) is 0 Å². The van der Waals surface area contributed by atoms with Gasteiger partial charge in [0.25, 0.3) is 11.8 Å². The van der Waals surface area contributed by atoms with E-state index in [1.54, 1.807) is 27.7 Å². The van der Waals surface area contributed by atoms with Gasteiger partial charge < -0.3 is 20.1 Å². The van der Waals surface area contributed by atoms with E-state index in [-0.39, 0.29) is 57.2 Å². The normalized spacial score (nSPS) is 10.6. The van der Waals surface area contributed by atoms with Crippen LogP contribution in [0.15, 0.2) is 18.3 Å². The van der Waals surface area contributed by atoms with E-state index in [2.05, 4.69) is 15.6 Å². The summed E-state index contributed by atoms with van der Waals surface area (Å²) in [5.74, 6) is -3.14. The highest BCUT2D eigenvalue weighted by Gasteiger charge is 2.27. The minimum Gasteiger partial charge on any atom is -0.462 e. The van der Waals surface area contributed by atoms with Gasteiger partial charge in [0.05, 0.1) is 39.7 Å². The number of Topliss-reactive ketones (excluding diaryl/α,β-unsaturated/α-hetero) is 2. The van der Waals surface area contributed by atoms with Crippen molar-refractivity contribution in [3.05, 3.63) is 61.6 Å². The Morgan fingerprint density at radius 2 is 1.20 bits per heavy atom. The summed E-state index contributed by atoms with van der Waals surface area (Å²) >= 11 is 1.92. The molecule has 2 N–H and O–H groups in total. The molecule has 11 nitrogen and oxygen atoms in total. The van der Waals surface area contributed by atoms with E-state index >= 15 is 0 Å². The molecule has 3 heterocycles. The van der Waals surface area contributed by atoms with Crippen molar-refractivity contribution in [3.8, 4) is 0 Å². The summed E-state index contributed by atoms with van der Waals surface area (Å²) in [6, 6.07) is 2.67. The third kappa shape index (κ3) is 6.32. The molecule has 3 aromatic rings. The monoisotopic (exact) mass is 585 g/mol. The van der Waals surface area contributed by atoms with Gasteiger partial charge in [0.2, 0.25) is 0 Å². The van der Waals surface area contributed by atoms with Crippen molar-refractivity contribution in [1.29, 1.82) is 0 Å². The van der Waals surface area contributed by atoms with E-state index in [0.717, 1.165) is 22.7 Å². The summed E-state index contributed by atoms with van der Waals surface area (Å²) in [6.07, 6.45) is 1.17. The number of rotatable bonds is 10. The second kappa shape index (κ2) is 12.7. The minimum atomic E-state index is -0.669. The first-order chi connectivity index (χ1) is 18.9. The van der Waals surface area contributed by atoms with E-state index in [0.29, 0.717) is 20.9 Å². The molecule has 0 unspecified atom stereocenters. The number of esters is 2. The number of hydrogen-bond donors (Lipinski definition) is 2. The molecule has 3 aromatic heterocycles. The standard InChI is InChI=1S/C27H27N3O8S2/c1-7-37-26(35)18-12(3)20(14(5)31)39-24(18)29-22(33)16-9-10-17(28-11-16)23(34)30-25-19(27(36)38-8-2)13(4)21(40-25)15(6)32/h9-11H,7-8H2,1-6H3,(H,29,33)(H,30,34). The van der Waals surface area contributed by atoms with Crippen molar-refractivity contribution >= 4 is 68.0 Å². The number of amides is 2. The van der Waals surface area contributed by atoms with Crippen LogP contribution < -0.4 is 10.6 Å². The molecule has 0 aliphatic heterocycles. The van der Waals surface area contributed by atoms with Gasteiger partial charge in [-0.25, -0.2) is 9.59 Å². The predicted octanol–water partition coefficient (Wildman–Crippen LogP) is 5.08. The van der Waals surface area contributed by atoms with Gasteiger partial charge in [0.1, 0.15) is 15.7 Å². The van der Waals surface area contributed by atoms with Crippen LogP contribution in [0.25, 0.3) is 0 Å². The average Bonchev–Trinajstić information content (AvgIpc) is 3.40. The van der Waals surface area contributed by atoms with Crippen molar-refractivity contribution in [2.45, 2.75) is 41.5 Å². The molecule has 13 heteroatoms. The maximum Gasteiger partial charge on any atom is 0.341 e. The van der Waals surface area contributed by atoms with Crippen molar-refractivity contribution in [3.63, 3.8) is 0 Å². The van der Waals surface area contributed by atoms with Crippen molar-refractivity contribution in [2.24, 2.45) is 0 Å². The Bertz CT molecular complexity index is 1410. The van der Waals surface area contributed by atoms with E-state index in [1.165, 1.54) is 32.2 Å². The topological polar surface area (TPSA) is 158 Å². The summed E-state index contributed by atoms with van der Waals surface area (Å²) in [6.45, 7) is 9.45. The predicted molar refractivity (Wildman–Crippen MR) is 150 cm³/mol. The lowest BCUT2D eigenvalue weighted by atomic mass is 10.1. The summed E-state index contributed by atoms with van der Waals surface area (Å²) in [5.41, 5.74) is 1.04. The van der Waals surface area contributed by atoms with Gasteiger partial charge in [0.15, 0.2) is 11.6 Å². The maximum atomic E-state index is 12.9. The maximum absolute atomic E-state index is 12.9. The SMILES string of the molecule is CCOC(=O)c1c(NC(=O)c2ccc(C(=O)Nc3sc(C(C)=O)c(C)c3C(=O)OCC)nc2)sc(C(C)=O)c1C. The van der Waals surface area contributed by atoms with Crippen molar-refractivity contribution in [2.75, 3.05) is 23.8 Å². The number of nitrogens with one attached hydrogen (secondary N) is 2. The number of ether oxygens (including phenoxy) is 2. The first-order valence-corrected chi connectivity index (χ1v) is 13.8. The number of nitrogens with zero attached hydrogens (tertiary/aromatic N) is 1. The zero-order valence-corrected chi connectivity index (χ0v) is 24.3. The van der Waals surface area contributed by atoms with Crippen LogP contribution in [-0.4, -0.2) is 53.5 Å². The summed E-state index contributed by atoms with van der Waals surface area (Å²) in [4.78, 5) is 79.5. The molecule has 0 aliphatic rings. The Morgan fingerprint density at radius 3 is 1.57 bits per heavy atom. The fourth-order valence-corrected chi connectivity index (χ4v) is 5.95. The van der Waals surface area contributed by atoms with Crippen molar-refractivity contribution < 1.29 is 38.2 Å². The zero-order chi connectivity index (χ0) is 29.7. The van der Waals surface area contributed by atoms with Crippen LogP contribution in [0.2, 0.25) is 0 Å². The molecule has 40 heavy (non-hydrogen) atoms. The smallest absolute Gasteiger partial charge is 0.341 e. The fraction of sp³-hybridized carbons (Fsp3) is 0.296. The van der Waals surface area contributed by atoms with E-state index in [1.807, 2.05) is 0 Å². The van der Waals surface area contributed by atoms with Crippen LogP contribution in [0.4, 0.5) is 10.0 Å². The van der Waals surface area contributed by atoms with Crippen LogP contribution in [0.5, 0.6) is 0 Å². The molecule has 0 aliphatic carbocycles. The number of ketones is 2. The number of carbonyl (C=O) groups excluding carboxylic acids is 6. The summed E-state index contributed by atoms with van der Waals surface area (Å²) < 4.78 is 10.2. The Labute approximate surface area is 237 Å². The molecule has 3 rings (SSSR count). The summed E-state index contributed by atoms with van der Waals surface area (Å²) in [7, 11) is 0. The molecular formula is C27H27N3O8S2. The number of aromatic nitrogens is 1. The molecule has 0 fully saturated rings. The Morgan fingerprint density at radius 1 is 0.750 bits per heavy atom. The third-order valence-electron chi connectivity index (χ3n) is 5.60. The first-order valence-electron chi connectivity index (χ1n) is 12.1. The molecule has 0 spiro atoms. The van der Waals surface area contributed by atoms with Gasteiger partial charge >= 0.3 is 11.9 Å². The molecular weight excluding hydrogens is 558 g/mol. The van der Waals surface area contributed by atoms with Gasteiger partial charge in [-0.1, -0.05) is 0 Å². The number of anilines is 2. The minimum absolute atomic E-state index is 0.0557. The van der Waals surface area contributed by atoms with E-state index < -0.39 is 23.8 Å². The zero-order valence-electron chi connectivity index (χ0n) is 22.7. The van der Waals surface area contributed by atoms with Gasteiger partial charge in [-0.3, -0.25) is 24.2 Å². The number of pyridine rings is 1. The van der Waals surface area contributed by atoms with E-state index in [4.69, 9.17) is 9.47 Å². The molecule has 0 saturated carbocycles. The average molecular weight is 586 g/mol. The highest BCUT2D eigenvalue weighted by atomic mass is 32.1. The van der Waals surface area contributed by atoms with Crippen molar-refractivity contribution in [1.82, 2.24) is 4.98 Å². The molecule has 0 radical (unpaired) electrons. The van der Waals surface area contributed by atoms with Crippen LogP contribution in [0.1, 0.15) is 99.7 Å². The third-order valence-corrected chi connectivity index (χ3v) is 8.22. The Kier molecular flexibility index (Phi) is 9.66. The van der Waals surface area contributed by atoms with E-state index in [9.17, 15) is 28.8 Å². The van der Waals surface area contributed by atoms with Crippen LogP contribution in [-0.2, 0) is 9.47 Å². The number of carbonyl (C=O) groups is 6. The first kappa shape index (κ1) is 30.3. The molecule has 0 aromatic carbocycles. The molecule has 0 saturated heterocycles. The lowest BCUT2D eigenvalue weighted by Gasteiger charge is -2.08.